The first-order chi connectivity index (χ1) is 12.0. The quantitative estimate of drug-likeness (QED) is 0.858. The molecule has 1 amide bonds. The highest BCUT2D eigenvalue weighted by molar-refractivity contribution is 6.30. The number of alkyl halides is 1. The smallest absolute Gasteiger partial charge is 0.411 e. The molecule has 1 N–H and O–H groups in total. The average molecular weight is 390 g/mol. The summed E-state index contributed by atoms with van der Waals surface area (Å²) < 4.78 is 33.0. The largest absolute Gasteiger partial charge is 0.444 e. The van der Waals surface area contributed by atoms with Gasteiger partial charge in [0.1, 0.15) is 29.7 Å². The second kappa shape index (κ2) is 7.88. The zero-order valence-corrected chi connectivity index (χ0v) is 15.6. The minimum absolute atomic E-state index is 0.0214. The first kappa shape index (κ1) is 20.6. The molecule has 1 aliphatic rings. The van der Waals surface area contributed by atoms with Crippen LogP contribution in [0.1, 0.15) is 32.8 Å². The Balaban J connectivity index is 2.11. The van der Waals surface area contributed by atoms with E-state index in [1.54, 1.807) is 26.8 Å². The van der Waals surface area contributed by atoms with E-state index in [0.717, 1.165) is 4.90 Å². The van der Waals surface area contributed by atoms with E-state index in [4.69, 9.17) is 16.3 Å². The van der Waals surface area contributed by atoms with Crippen molar-refractivity contribution in [3.8, 4) is 0 Å². The van der Waals surface area contributed by atoms with Crippen LogP contribution in [0.3, 0.4) is 0 Å². The highest BCUT2D eigenvalue weighted by Gasteiger charge is 2.48. The minimum Gasteiger partial charge on any atom is -0.444 e. The van der Waals surface area contributed by atoms with Gasteiger partial charge in [0.2, 0.25) is 0 Å². The number of ketones is 1. The molecule has 0 unspecified atom stereocenters. The number of ether oxygens (including phenoxy) is 1. The van der Waals surface area contributed by atoms with Crippen molar-refractivity contribution in [3.63, 3.8) is 0 Å². The number of benzene rings is 1. The van der Waals surface area contributed by atoms with Gasteiger partial charge in [0.15, 0.2) is 5.78 Å². The number of carbonyl (C=O) groups is 2. The molecule has 0 aromatic heterocycles. The SMILES string of the molecule is CC(C)(C)OC(=O)N1C[C@H](F)[C@@H](O)[C@H]1C(=O)CCc1cccc(Cl)c1F. The van der Waals surface area contributed by atoms with Crippen LogP contribution in [-0.2, 0) is 16.0 Å². The second-order valence-electron chi connectivity index (χ2n) is 7.26. The van der Waals surface area contributed by atoms with E-state index >= 15 is 0 Å². The zero-order valence-electron chi connectivity index (χ0n) is 14.8. The van der Waals surface area contributed by atoms with Crippen molar-refractivity contribution >= 4 is 23.5 Å². The number of aliphatic hydroxyl groups is 1. The molecule has 1 aromatic rings. The summed E-state index contributed by atoms with van der Waals surface area (Å²) in [4.78, 5) is 25.7. The molecule has 1 fully saturated rings. The van der Waals surface area contributed by atoms with E-state index in [1.165, 1.54) is 12.1 Å². The van der Waals surface area contributed by atoms with Crippen molar-refractivity contribution in [1.82, 2.24) is 4.90 Å². The summed E-state index contributed by atoms with van der Waals surface area (Å²) in [7, 11) is 0. The number of Topliss-reactive ketones (excluding diaryl/α,β-unsaturated/α-hetero) is 1. The Morgan fingerprint density at radius 1 is 1.38 bits per heavy atom. The van der Waals surface area contributed by atoms with Crippen LogP contribution >= 0.6 is 11.6 Å². The minimum atomic E-state index is -1.75. The van der Waals surface area contributed by atoms with Crippen molar-refractivity contribution in [2.24, 2.45) is 0 Å². The summed E-state index contributed by atoms with van der Waals surface area (Å²) in [6, 6.07) is 3.08. The molecule has 0 spiro atoms. The second-order valence-corrected chi connectivity index (χ2v) is 7.67. The first-order valence-electron chi connectivity index (χ1n) is 8.28. The van der Waals surface area contributed by atoms with Crippen molar-refractivity contribution in [2.45, 2.75) is 57.5 Å². The Labute approximate surface area is 155 Å². The van der Waals surface area contributed by atoms with Crippen LogP contribution in [0.4, 0.5) is 13.6 Å². The van der Waals surface area contributed by atoms with Crippen LogP contribution in [0, 0.1) is 5.82 Å². The van der Waals surface area contributed by atoms with Gasteiger partial charge in [-0.3, -0.25) is 9.69 Å². The third-order valence-corrected chi connectivity index (χ3v) is 4.32. The highest BCUT2D eigenvalue weighted by Crippen LogP contribution is 2.26. The monoisotopic (exact) mass is 389 g/mol. The maximum absolute atomic E-state index is 13.9. The van der Waals surface area contributed by atoms with Crippen molar-refractivity contribution in [3.05, 3.63) is 34.6 Å². The molecule has 1 heterocycles. The number of carbonyl (C=O) groups excluding carboxylic acids is 2. The van der Waals surface area contributed by atoms with Gasteiger partial charge >= 0.3 is 6.09 Å². The normalized spacial score (nSPS) is 23.2. The van der Waals surface area contributed by atoms with Crippen molar-refractivity contribution < 1.29 is 28.2 Å². The molecular formula is C18H22ClF2NO4. The van der Waals surface area contributed by atoms with E-state index in [2.05, 4.69) is 0 Å². The Morgan fingerprint density at radius 2 is 2.04 bits per heavy atom. The number of hydrogen-bond donors (Lipinski definition) is 1. The van der Waals surface area contributed by atoms with Crippen LogP contribution in [0.25, 0.3) is 0 Å². The van der Waals surface area contributed by atoms with Gasteiger partial charge in [-0.15, -0.1) is 0 Å². The lowest BCUT2D eigenvalue weighted by atomic mass is 9.99. The van der Waals surface area contributed by atoms with Gasteiger partial charge in [0.25, 0.3) is 0 Å². The zero-order chi connectivity index (χ0) is 19.6. The Morgan fingerprint density at radius 3 is 2.65 bits per heavy atom. The molecule has 2 rings (SSSR count). The van der Waals surface area contributed by atoms with Gasteiger partial charge in [-0.1, -0.05) is 23.7 Å². The van der Waals surface area contributed by atoms with Crippen molar-refractivity contribution in [1.29, 1.82) is 0 Å². The van der Waals surface area contributed by atoms with Gasteiger partial charge in [-0.2, -0.15) is 0 Å². The number of likely N-dealkylation sites (tertiary alicyclic amines) is 1. The standard InChI is InChI=1S/C18H22ClF2NO4/c1-18(2,3)26-17(25)22-9-12(20)16(24)15(22)13(23)8-7-10-5-4-6-11(19)14(10)21/h4-6,12,15-16,24H,7-9H2,1-3H3/t12-,15+,16+/m0/s1. The van der Waals surface area contributed by atoms with E-state index in [9.17, 15) is 23.5 Å². The molecule has 5 nitrogen and oxygen atoms in total. The summed E-state index contributed by atoms with van der Waals surface area (Å²) in [6.07, 6.45) is -4.42. The van der Waals surface area contributed by atoms with Crippen molar-refractivity contribution in [2.75, 3.05) is 6.54 Å². The summed E-state index contributed by atoms with van der Waals surface area (Å²) >= 11 is 5.71. The van der Waals surface area contributed by atoms with Crippen LogP contribution in [0.2, 0.25) is 5.02 Å². The third kappa shape index (κ3) is 4.71. The number of halogens is 3. The molecule has 26 heavy (non-hydrogen) atoms. The molecule has 144 valence electrons. The predicted molar refractivity (Wildman–Crippen MR) is 92.4 cm³/mol. The predicted octanol–water partition coefficient (Wildman–Crippen LogP) is 3.30. The molecule has 3 atom stereocenters. The number of rotatable bonds is 4. The molecule has 0 aliphatic carbocycles. The lowest BCUT2D eigenvalue weighted by Crippen LogP contribution is -2.47. The summed E-state index contributed by atoms with van der Waals surface area (Å²) in [5.74, 6) is -1.19. The maximum atomic E-state index is 13.9. The Kier molecular flexibility index (Phi) is 6.24. The molecule has 1 saturated heterocycles. The number of nitrogens with zero attached hydrogens (tertiary/aromatic N) is 1. The summed E-state index contributed by atoms with van der Waals surface area (Å²) in [5.41, 5.74) is -0.590. The summed E-state index contributed by atoms with van der Waals surface area (Å²) in [6.45, 7) is 4.49. The van der Waals surface area contributed by atoms with Crippen LogP contribution < -0.4 is 0 Å². The van der Waals surface area contributed by atoms with E-state index in [1.807, 2.05) is 0 Å². The third-order valence-electron chi connectivity index (χ3n) is 4.03. The first-order valence-corrected chi connectivity index (χ1v) is 8.66. The number of aryl methyl sites for hydroxylation is 1. The molecule has 0 radical (unpaired) electrons. The average Bonchev–Trinajstić information content (AvgIpc) is 2.83. The van der Waals surface area contributed by atoms with Gasteiger partial charge in [0, 0.05) is 6.42 Å². The molecule has 0 saturated carbocycles. The highest BCUT2D eigenvalue weighted by atomic mass is 35.5. The molecule has 8 heteroatoms. The van der Waals surface area contributed by atoms with E-state index in [-0.39, 0.29) is 23.4 Å². The van der Waals surface area contributed by atoms with E-state index < -0.39 is 48.2 Å². The van der Waals surface area contributed by atoms with E-state index in [0.29, 0.717) is 0 Å². The lowest BCUT2D eigenvalue weighted by molar-refractivity contribution is -0.126. The van der Waals surface area contributed by atoms with Crippen LogP contribution in [0.15, 0.2) is 18.2 Å². The summed E-state index contributed by atoms with van der Waals surface area (Å²) in [5, 5.41) is 9.94. The fourth-order valence-electron chi connectivity index (χ4n) is 2.81. The Bertz CT molecular complexity index is 692. The topological polar surface area (TPSA) is 66.8 Å². The van der Waals surface area contributed by atoms with Crippen LogP contribution in [0.5, 0.6) is 0 Å². The maximum Gasteiger partial charge on any atom is 0.411 e. The number of amides is 1. The van der Waals surface area contributed by atoms with Crippen LogP contribution in [-0.4, -0.2) is 52.3 Å². The Hall–Kier alpha value is -1.73. The van der Waals surface area contributed by atoms with Gasteiger partial charge in [0.05, 0.1) is 11.6 Å². The number of aliphatic hydroxyl groups excluding tert-OH is 1. The molecule has 0 bridgehead atoms. The fourth-order valence-corrected chi connectivity index (χ4v) is 3.01. The fraction of sp³-hybridized carbons (Fsp3) is 0.556. The molecule has 1 aliphatic heterocycles. The molecule has 1 aromatic carbocycles. The molecular weight excluding hydrogens is 368 g/mol. The number of hydrogen-bond acceptors (Lipinski definition) is 4. The lowest BCUT2D eigenvalue weighted by Gasteiger charge is -2.28. The van der Waals surface area contributed by atoms with Gasteiger partial charge in [-0.25, -0.2) is 13.6 Å². The van der Waals surface area contributed by atoms with Gasteiger partial charge < -0.3 is 9.84 Å². The van der Waals surface area contributed by atoms with Gasteiger partial charge in [-0.05, 0) is 38.8 Å².